The average Bonchev–Trinajstić information content (AvgIpc) is 2.93. The second kappa shape index (κ2) is 10.9. The first-order valence-corrected chi connectivity index (χ1v) is 12.3. The van der Waals surface area contributed by atoms with Crippen molar-refractivity contribution in [3.63, 3.8) is 0 Å². The Bertz CT molecular complexity index is 1420. The zero-order chi connectivity index (χ0) is 28.9. The van der Waals surface area contributed by atoms with Gasteiger partial charge in [0.1, 0.15) is 77.7 Å². The Balaban J connectivity index is 1.70. The minimum absolute atomic E-state index is 0.000586. The zero-order valence-electron chi connectivity index (χ0n) is 20.6. The molecule has 2 aliphatic rings. The van der Waals surface area contributed by atoms with Gasteiger partial charge in [0.15, 0.2) is 5.58 Å². The van der Waals surface area contributed by atoms with E-state index < -0.39 is 79.5 Å². The molecule has 2 saturated heterocycles. The molecule has 3 aromatic rings. The molecule has 0 radical (unpaired) electrons. The van der Waals surface area contributed by atoms with Gasteiger partial charge in [-0.1, -0.05) is 12.1 Å². The van der Waals surface area contributed by atoms with Crippen molar-refractivity contribution in [3.05, 3.63) is 52.4 Å². The molecule has 14 heteroatoms. The van der Waals surface area contributed by atoms with E-state index in [1.54, 1.807) is 0 Å². The van der Waals surface area contributed by atoms with E-state index in [2.05, 4.69) is 0 Å². The van der Waals surface area contributed by atoms with Crippen LogP contribution in [-0.2, 0) is 9.47 Å². The van der Waals surface area contributed by atoms with Gasteiger partial charge in [0.25, 0.3) is 0 Å². The first kappa shape index (κ1) is 28.2. The number of phenols is 2. The van der Waals surface area contributed by atoms with Gasteiger partial charge in [-0.15, -0.1) is 0 Å². The molecule has 14 nitrogen and oxygen atoms in total. The molecule has 2 aromatic carbocycles. The third kappa shape index (κ3) is 4.79. The molecule has 0 aliphatic carbocycles. The van der Waals surface area contributed by atoms with Crippen molar-refractivity contribution in [1.29, 1.82) is 0 Å². The summed E-state index contributed by atoms with van der Waals surface area (Å²) in [5.74, 6) is -1.07. The van der Waals surface area contributed by atoms with Crippen molar-refractivity contribution in [2.45, 2.75) is 55.1 Å². The lowest BCUT2D eigenvalue weighted by Gasteiger charge is -2.41. The Labute approximate surface area is 225 Å². The van der Waals surface area contributed by atoms with Gasteiger partial charge >= 0.3 is 0 Å². The molecule has 5 rings (SSSR count). The molecule has 40 heavy (non-hydrogen) atoms. The summed E-state index contributed by atoms with van der Waals surface area (Å²) in [5, 5.41) is 91.6. The topological polar surface area (TPSA) is 240 Å². The maximum atomic E-state index is 13.5. The van der Waals surface area contributed by atoms with Crippen LogP contribution in [-0.4, -0.2) is 108 Å². The summed E-state index contributed by atoms with van der Waals surface area (Å²) in [5.41, 5.74) is -1.00. The lowest BCUT2D eigenvalue weighted by atomic mass is 9.89. The number of rotatable bonds is 5. The molecule has 2 fully saturated rings. The van der Waals surface area contributed by atoms with Gasteiger partial charge in [0.05, 0.1) is 24.3 Å². The SMILES string of the molecule is O=c1c(-c2ccc(O)cc2)coc2c(C3OC(CO)C(O)C(O)C3O)c(OC3OCC(O)C(O)C3O)cc(O)c12. The number of aliphatic hydroxyl groups is 7. The largest absolute Gasteiger partial charge is 0.508 e. The summed E-state index contributed by atoms with van der Waals surface area (Å²) in [4.78, 5) is 13.5. The van der Waals surface area contributed by atoms with Crippen LogP contribution in [0.1, 0.15) is 11.7 Å². The van der Waals surface area contributed by atoms with E-state index in [4.69, 9.17) is 18.6 Å². The van der Waals surface area contributed by atoms with Gasteiger partial charge in [-0.2, -0.15) is 0 Å². The standard InChI is InChI=1S/C26H28O14/c27-6-15-20(33)21(34)22(35)25(39-15)17-14(40-26-23(36)19(32)13(30)8-38-26)5-12(29)16-18(31)11(7-37-24(16)17)9-1-3-10(28)4-2-9/h1-5,7,13,15,19-23,25-30,32-36H,6,8H2. The molecule has 216 valence electrons. The fraction of sp³-hybridized carbons (Fsp3) is 0.423. The fourth-order valence-corrected chi connectivity index (χ4v) is 4.84. The third-order valence-electron chi connectivity index (χ3n) is 7.08. The van der Waals surface area contributed by atoms with Crippen molar-refractivity contribution in [2.24, 2.45) is 0 Å². The second-order valence-electron chi connectivity index (χ2n) is 9.65. The van der Waals surface area contributed by atoms with Crippen molar-refractivity contribution in [3.8, 4) is 28.4 Å². The highest BCUT2D eigenvalue weighted by molar-refractivity contribution is 5.91. The lowest BCUT2D eigenvalue weighted by Crippen LogP contribution is -2.56. The molecule has 0 saturated carbocycles. The highest BCUT2D eigenvalue weighted by atomic mass is 16.7. The van der Waals surface area contributed by atoms with E-state index in [0.717, 1.165) is 12.3 Å². The number of hydrogen-bond acceptors (Lipinski definition) is 14. The summed E-state index contributed by atoms with van der Waals surface area (Å²) in [6.45, 7) is -1.19. The maximum Gasteiger partial charge on any atom is 0.228 e. The van der Waals surface area contributed by atoms with E-state index in [0.29, 0.717) is 5.56 Å². The van der Waals surface area contributed by atoms with Gasteiger partial charge < -0.3 is 64.6 Å². The Morgan fingerprint density at radius 1 is 0.900 bits per heavy atom. The monoisotopic (exact) mass is 564 g/mol. The summed E-state index contributed by atoms with van der Waals surface area (Å²) in [7, 11) is 0. The van der Waals surface area contributed by atoms with E-state index >= 15 is 0 Å². The van der Waals surface area contributed by atoms with Crippen molar-refractivity contribution in [1.82, 2.24) is 0 Å². The van der Waals surface area contributed by atoms with E-state index in [-0.39, 0.29) is 33.6 Å². The van der Waals surface area contributed by atoms with Crippen LogP contribution < -0.4 is 10.2 Å². The molecular weight excluding hydrogens is 536 g/mol. The summed E-state index contributed by atoms with van der Waals surface area (Å²) < 4.78 is 22.4. The first-order valence-electron chi connectivity index (χ1n) is 12.3. The number of phenolic OH excluding ortho intramolecular Hbond substituents is 2. The van der Waals surface area contributed by atoms with Crippen LogP contribution in [0.5, 0.6) is 17.2 Å². The molecule has 0 spiro atoms. The minimum atomic E-state index is -1.86. The first-order chi connectivity index (χ1) is 19.0. The predicted molar refractivity (Wildman–Crippen MR) is 132 cm³/mol. The molecule has 9 unspecified atom stereocenters. The average molecular weight is 564 g/mol. The summed E-state index contributed by atoms with van der Waals surface area (Å²) in [6, 6.07) is 6.53. The summed E-state index contributed by atoms with van der Waals surface area (Å²) >= 11 is 0. The molecular formula is C26H28O14. The molecule has 9 N–H and O–H groups in total. The molecule has 2 aliphatic heterocycles. The minimum Gasteiger partial charge on any atom is -0.508 e. The highest BCUT2D eigenvalue weighted by Crippen LogP contribution is 2.44. The second-order valence-corrected chi connectivity index (χ2v) is 9.65. The molecule has 0 bridgehead atoms. The maximum absolute atomic E-state index is 13.5. The number of hydrogen-bond donors (Lipinski definition) is 9. The number of ether oxygens (including phenoxy) is 3. The normalized spacial score (nSPS) is 32.7. The van der Waals surface area contributed by atoms with Crippen LogP contribution in [0.25, 0.3) is 22.1 Å². The van der Waals surface area contributed by atoms with Gasteiger partial charge in [-0.05, 0) is 17.7 Å². The van der Waals surface area contributed by atoms with Crippen LogP contribution in [0, 0.1) is 0 Å². The van der Waals surface area contributed by atoms with Crippen molar-refractivity contribution in [2.75, 3.05) is 13.2 Å². The van der Waals surface area contributed by atoms with Gasteiger partial charge in [0, 0.05) is 6.07 Å². The zero-order valence-corrected chi connectivity index (χ0v) is 20.6. The number of aromatic hydroxyl groups is 2. The number of benzene rings is 2. The van der Waals surface area contributed by atoms with Crippen molar-refractivity contribution < 1.29 is 64.6 Å². The van der Waals surface area contributed by atoms with E-state index in [1.807, 2.05) is 0 Å². The van der Waals surface area contributed by atoms with E-state index in [1.165, 1.54) is 24.3 Å². The lowest BCUT2D eigenvalue weighted by molar-refractivity contribution is -0.244. The Kier molecular flexibility index (Phi) is 7.71. The number of fused-ring (bicyclic) bond motifs is 1. The van der Waals surface area contributed by atoms with Crippen LogP contribution in [0.2, 0.25) is 0 Å². The van der Waals surface area contributed by atoms with Gasteiger partial charge in [-0.3, -0.25) is 4.79 Å². The molecule has 0 amide bonds. The van der Waals surface area contributed by atoms with Crippen LogP contribution >= 0.6 is 0 Å². The quantitative estimate of drug-likeness (QED) is 0.166. The Hall–Kier alpha value is -3.31. The predicted octanol–water partition coefficient (Wildman–Crippen LogP) is -1.80. The Morgan fingerprint density at radius 2 is 1.60 bits per heavy atom. The van der Waals surface area contributed by atoms with Crippen LogP contribution in [0.15, 0.2) is 45.8 Å². The molecule has 3 heterocycles. The van der Waals surface area contributed by atoms with Crippen LogP contribution in [0.4, 0.5) is 0 Å². The van der Waals surface area contributed by atoms with Gasteiger partial charge in [0.2, 0.25) is 11.7 Å². The molecule has 1 aromatic heterocycles. The smallest absolute Gasteiger partial charge is 0.228 e. The summed E-state index contributed by atoms with van der Waals surface area (Å²) in [6.07, 6.45) is -13.8. The van der Waals surface area contributed by atoms with Crippen molar-refractivity contribution >= 4 is 11.0 Å². The third-order valence-corrected chi connectivity index (χ3v) is 7.08. The Morgan fingerprint density at radius 3 is 2.27 bits per heavy atom. The van der Waals surface area contributed by atoms with Crippen LogP contribution in [0.3, 0.4) is 0 Å². The molecule has 9 atom stereocenters. The van der Waals surface area contributed by atoms with E-state index in [9.17, 15) is 50.8 Å². The fourth-order valence-electron chi connectivity index (χ4n) is 4.84. The highest BCUT2D eigenvalue weighted by Gasteiger charge is 2.47. The number of aliphatic hydroxyl groups excluding tert-OH is 7. The van der Waals surface area contributed by atoms with Gasteiger partial charge in [-0.25, -0.2) is 0 Å².